The second-order valence-electron chi connectivity index (χ2n) is 4.40. The quantitative estimate of drug-likeness (QED) is 0.715. The Balaban J connectivity index is 1.96. The van der Waals surface area contributed by atoms with Gasteiger partial charge in [0.1, 0.15) is 5.75 Å². The molecule has 0 saturated carbocycles. The zero-order valence-electron chi connectivity index (χ0n) is 10.7. The van der Waals surface area contributed by atoms with Crippen molar-refractivity contribution in [3.63, 3.8) is 0 Å². The molecule has 94 valence electrons. The molecule has 3 rings (SSSR count). The molecule has 0 atom stereocenters. The summed E-state index contributed by atoms with van der Waals surface area (Å²) in [4.78, 5) is 0. The monoisotopic (exact) mass is 250 g/mol. The molecule has 3 heteroatoms. The Kier molecular flexibility index (Phi) is 3.11. The minimum atomic E-state index is 0.776. The van der Waals surface area contributed by atoms with Gasteiger partial charge in [0, 0.05) is 17.2 Å². The maximum absolute atomic E-state index is 5.16. The first-order valence-electron chi connectivity index (χ1n) is 6.19. The van der Waals surface area contributed by atoms with E-state index in [0.29, 0.717) is 0 Å². The predicted molar refractivity (Wildman–Crippen MR) is 75.3 cm³/mol. The average Bonchev–Trinajstić information content (AvgIpc) is 2.48. The zero-order chi connectivity index (χ0) is 13.1. The van der Waals surface area contributed by atoms with Crippen molar-refractivity contribution in [1.82, 2.24) is 10.2 Å². The number of fused-ring (bicyclic) bond motifs is 1. The van der Waals surface area contributed by atoms with E-state index in [2.05, 4.69) is 34.5 Å². The first-order valence-corrected chi connectivity index (χ1v) is 6.19. The van der Waals surface area contributed by atoms with Crippen LogP contribution in [0.3, 0.4) is 0 Å². The Morgan fingerprint density at radius 2 is 1.79 bits per heavy atom. The number of hydrogen-bond donors (Lipinski definition) is 0. The van der Waals surface area contributed by atoms with Gasteiger partial charge in [-0.05, 0) is 17.7 Å². The Morgan fingerprint density at radius 1 is 1.00 bits per heavy atom. The maximum Gasteiger partial charge on any atom is 0.118 e. The predicted octanol–water partition coefficient (Wildman–Crippen LogP) is 3.23. The van der Waals surface area contributed by atoms with Gasteiger partial charge in [0.2, 0.25) is 0 Å². The smallest absolute Gasteiger partial charge is 0.118 e. The second kappa shape index (κ2) is 5.06. The van der Waals surface area contributed by atoms with Gasteiger partial charge in [-0.3, -0.25) is 0 Å². The van der Waals surface area contributed by atoms with Crippen LogP contribution in [0.15, 0.2) is 54.7 Å². The van der Waals surface area contributed by atoms with Crippen molar-refractivity contribution >= 4 is 10.8 Å². The van der Waals surface area contributed by atoms with Crippen molar-refractivity contribution in [3.8, 4) is 5.75 Å². The summed E-state index contributed by atoms with van der Waals surface area (Å²) >= 11 is 0. The molecule has 3 nitrogen and oxygen atoms in total. The van der Waals surface area contributed by atoms with E-state index < -0.39 is 0 Å². The largest absolute Gasteiger partial charge is 0.497 e. The van der Waals surface area contributed by atoms with E-state index in [1.807, 2.05) is 24.3 Å². The number of hydrogen-bond acceptors (Lipinski definition) is 3. The van der Waals surface area contributed by atoms with Crippen molar-refractivity contribution in [1.29, 1.82) is 0 Å². The van der Waals surface area contributed by atoms with Crippen LogP contribution in [0, 0.1) is 0 Å². The van der Waals surface area contributed by atoms with Crippen molar-refractivity contribution in [2.24, 2.45) is 0 Å². The molecule has 0 bridgehead atoms. The van der Waals surface area contributed by atoms with Crippen LogP contribution < -0.4 is 4.74 Å². The topological polar surface area (TPSA) is 35.0 Å². The van der Waals surface area contributed by atoms with E-state index >= 15 is 0 Å². The van der Waals surface area contributed by atoms with Crippen LogP contribution in [0.25, 0.3) is 10.8 Å². The highest BCUT2D eigenvalue weighted by Gasteiger charge is 2.04. The van der Waals surface area contributed by atoms with E-state index in [0.717, 1.165) is 28.6 Å². The third-order valence-corrected chi connectivity index (χ3v) is 3.18. The molecule has 1 aromatic heterocycles. The molecule has 0 aliphatic rings. The average molecular weight is 250 g/mol. The van der Waals surface area contributed by atoms with Crippen LogP contribution in [-0.4, -0.2) is 17.3 Å². The molecule has 0 aliphatic carbocycles. The highest BCUT2D eigenvalue weighted by Crippen LogP contribution is 2.19. The summed E-state index contributed by atoms with van der Waals surface area (Å²) in [6.07, 6.45) is 2.57. The Bertz CT molecular complexity index is 687. The number of nitrogens with zero attached hydrogens (tertiary/aromatic N) is 2. The van der Waals surface area contributed by atoms with Crippen LogP contribution in [0.2, 0.25) is 0 Å². The normalized spacial score (nSPS) is 10.6. The molecule has 0 amide bonds. The van der Waals surface area contributed by atoms with Crippen LogP contribution in [0.4, 0.5) is 0 Å². The number of ether oxygens (including phenoxy) is 1. The molecule has 1 heterocycles. The van der Waals surface area contributed by atoms with Crippen molar-refractivity contribution in [2.75, 3.05) is 7.11 Å². The fourth-order valence-electron chi connectivity index (χ4n) is 2.15. The minimum absolute atomic E-state index is 0.776. The summed E-state index contributed by atoms with van der Waals surface area (Å²) in [5, 5.41) is 10.6. The van der Waals surface area contributed by atoms with Crippen LogP contribution in [0.1, 0.15) is 11.3 Å². The molecule has 0 aliphatic heterocycles. The summed E-state index contributed by atoms with van der Waals surface area (Å²) in [5.41, 5.74) is 2.20. The molecule has 19 heavy (non-hydrogen) atoms. The summed E-state index contributed by atoms with van der Waals surface area (Å²) in [6.45, 7) is 0. The molecule has 0 unspecified atom stereocenters. The van der Waals surface area contributed by atoms with Crippen molar-refractivity contribution in [2.45, 2.75) is 6.42 Å². The van der Waals surface area contributed by atoms with E-state index in [1.54, 1.807) is 13.3 Å². The maximum atomic E-state index is 5.16. The van der Waals surface area contributed by atoms with Gasteiger partial charge in [-0.2, -0.15) is 10.2 Å². The van der Waals surface area contributed by atoms with Crippen LogP contribution in [0.5, 0.6) is 5.75 Å². The lowest BCUT2D eigenvalue weighted by atomic mass is 10.0. The molecule has 0 saturated heterocycles. The molecule has 0 spiro atoms. The first-order chi connectivity index (χ1) is 9.36. The lowest BCUT2D eigenvalue weighted by molar-refractivity contribution is 0.414. The summed E-state index contributed by atoms with van der Waals surface area (Å²) < 4.78 is 5.16. The molecular formula is C16H14N2O. The molecule has 0 fully saturated rings. The van der Waals surface area contributed by atoms with E-state index in [1.165, 1.54) is 5.56 Å². The highest BCUT2D eigenvalue weighted by atomic mass is 16.5. The van der Waals surface area contributed by atoms with E-state index in [9.17, 15) is 0 Å². The molecule has 3 aromatic rings. The molecular weight excluding hydrogens is 236 g/mol. The molecule has 0 radical (unpaired) electrons. The Labute approximate surface area is 111 Å². The number of aromatic nitrogens is 2. The summed E-state index contributed by atoms with van der Waals surface area (Å²) in [7, 11) is 1.67. The van der Waals surface area contributed by atoms with Gasteiger partial charge in [0.25, 0.3) is 0 Å². The standard InChI is InChI=1S/C16H14N2O/c1-19-14-8-6-12(7-9-14)10-16-15-5-3-2-4-13(15)11-17-18-16/h2-9,11H,10H2,1H3. The first kappa shape index (κ1) is 11.7. The third-order valence-electron chi connectivity index (χ3n) is 3.18. The van der Waals surface area contributed by atoms with Crippen molar-refractivity contribution in [3.05, 3.63) is 66.0 Å². The van der Waals surface area contributed by atoms with Gasteiger partial charge in [-0.1, -0.05) is 36.4 Å². The van der Waals surface area contributed by atoms with Gasteiger partial charge in [0.15, 0.2) is 0 Å². The van der Waals surface area contributed by atoms with E-state index in [4.69, 9.17) is 4.74 Å². The zero-order valence-corrected chi connectivity index (χ0v) is 10.7. The summed E-state index contributed by atoms with van der Waals surface area (Å²) in [5.74, 6) is 0.868. The number of benzene rings is 2. The van der Waals surface area contributed by atoms with Crippen molar-refractivity contribution < 1.29 is 4.74 Å². The number of rotatable bonds is 3. The fourth-order valence-corrected chi connectivity index (χ4v) is 2.15. The van der Waals surface area contributed by atoms with E-state index in [-0.39, 0.29) is 0 Å². The van der Waals surface area contributed by atoms with Gasteiger partial charge < -0.3 is 4.74 Å². The number of methoxy groups -OCH3 is 1. The molecule has 0 N–H and O–H groups in total. The van der Waals surface area contributed by atoms with Gasteiger partial charge in [0.05, 0.1) is 19.0 Å². The van der Waals surface area contributed by atoms with Gasteiger partial charge in [-0.25, -0.2) is 0 Å². The molecule has 2 aromatic carbocycles. The van der Waals surface area contributed by atoms with Gasteiger partial charge in [-0.15, -0.1) is 0 Å². The Morgan fingerprint density at radius 3 is 2.58 bits per heavy atom. The van der Waals surface area contributed by atoms with Crippen LogP contribution >= 0.6 is 0 Å². The van der Waals surface area contributed by atoms with Gasteiger partial charge >= 0.3 is 0 Å². The SMILES string of the molecule is COc1ccc(Cc2nncc3ccccc23)cc1. The fraction of sp³-hybridized carbons (Fsp3) is 0.125. The Hall–Kier alpha value is -2.42. The second-order valence-corrected chi connectivity index (χ2v) is 4.40. The summed E-state index contributed by atoms with van der Waals surface area (Å²) in [6, 6.07) is 16.2. The lowest BCUT2D eigenvalue weighted by Crippen LogP contribution is -1.96. The lowest BCUT2D eigenvalue weighted by Gasteiger charge is -2.05. The third kappa shape index (κ3) is 2.40. The minimum Gasteiger partial charge on any atom is -0.497 e. The highest BCUT2D eigenvalue weighted by molar-refractivity contribution is 5.83. The van der Waals surface area contributed by atoms with Crippen LogP contribution in [-0.2, 0) is 6.42 Å².